The van der Waals surface area contributed by atoms with Crippen LogP contribution >= 0.6 is 0 Å². The molecule has 1 aliphatic heterocycles. The van der Waals surface area contributed by atoms with Gasteiger partial charge in [-0.2, -0.15) is 4.31 Å². The number of sulfonamides is 1. The summed E-state index contributed by atoms with van der Waals surface area (Å²) < 4.78 is 28.2. The highest BCUT2D eigenvalue weighted by atomic mass is 32.2. The molecule has 3 unspecified atom stereocenters. The summed E-state index contributed by atoms with van der Waals surface area (Å²) >= 11 is 0. The zero-order valence-corrected chi connectivity index (χ0v) is 19.0. The first-order valence-corrected chi connectivity index (χ1v) is 12.5. The average molecular weight is 425 g/mol. The first-order chi connectivity index (χ1) is 14.5. The first-order valence-electron chi connectivity index (χ1n) is 11.1. The van der Waals surface area contributed by atoms with Gasteiger partial charge in [0.1, 0.15) is 0 Å². The lowest BCUT2D eigenvalue weighted by atomic mass is 9.77. The van der Waals surface area contributed by atoms with Gasteiger partial charge in [0, 0.05) is 24.7 Å². The molecule has 2 aromatic rings. The fraction of sp³-hybridized carbons (Fsp3) is 0.440. The Hall–Kier alpha value is -2.11. The molecule has 160 valence electrons. The molecule has 30 heavy (non-hydrogen) atoms. The summed E-state index contributed by atoms with van der Waals surface area (Å²) in [6.07, 6.45) is 7.14. The van der Waals surface area contributed by atoms with E-state index in [1.54, 1.807) is 10.4 Å². The van der Waals surface area contributed by atoms with Gasteiger partial charge in [-0.3, -0.25) is 0 Å². The quantitative estimate of drug-likeness (QED) is 0.586. The van der Waals surface area contributed by atoms with E-state index >= 15 is 0 Å². The summed E-state index contributed by atoms with van der Waals surface area (Å²) in [4.78, 5) is 0.415. The normalized spacial score (nSPS) is 22.6. The molecular formula is C25H32N2O2S. The highest BCUT2D eigenvalue weighted by Crippen LogP contribution is 2.50. The molecule has 0 aromatic heterocycles. The van der Waals surface area contributed by atoms with E-state index in [2.05, 4.69) is 48.7 Å². The SMILES string of the molecule is CCCN(CCC)S(=O)(=O)c1ccc2c(c1)C1C=CCC1C(c1ccc(C)cc1)N2. The molecule has 0 amide bonds. The van der Waals surface area contributed by atoms with Crippen LogP contribution in [0.1, 0.15) is 61.8 Å². The zero-order valence-electron chi connectivity index (χ0n) is 18.1. The fourth-order valence-electron chi connectivity index (χ4n) is 4.84. The van der Waals surface area contributed by atoms with E-state index in [0.29, 0.717) is 23.9 Å². The third kappa shape index (κ3) is 3.81. The number of anilines is 1. The Balaban J connectivity index is 1.70. The zero-order chi connectivity index (χ0) is 21.3. The molecule has 0 fully saturated rings. The summed E-state index contributed by atoms with van der Waals surface area (Å²) in [6.45, 7) is 7.28. The number of allylic oxidation sites excluding steroid dienone is 2. The van der Waals surface area contributed by atoms with Crippen LogP contribution in [0.5, 0.6) is 0 Å². The fourth-order valence-corrected chi connectivity index (χ4v) is 6.50. The number of aryl methyl sites for hydroxylation is 1. The monoisotopic (exact) mass is 424 g/mol. The lowest BCUT2D eigenvalue weighted by Gasteiger charge is -2.38. The minimum Gasteiger partial charge on any atom is -0.378 e. The molecule has 4 nitrogen and oxygen atoms in total. The Morgan fingerprint density at radius 1 is 1.03 bits per heavy atom. The van der Waals surface area contributed by atoms with Crippen molar-refractivity contribution < 1.29 is 8.42 Å². The average Bonchev–Trinajstić information content (AvgIpc) is 3.23. The van der Waals surface area contributed by atoms with E-state index in [4.69, 9.17) is 0 Å². The number of hydrogen-bond donors (Lipinski definition) is 1. The molecule has 0 saturated carbocycles. The maximum absolute atomic E-state index is 13.3. The summed E-state index contributed by atoms with van der Waals surface area (Å²) in [5.74, 6) is 0.647. The lowest BCUT2D eigenvalue weighted by Crippen LogP contribution is -2.33. The number of benzene rings is 2. The molecule has 0 bridgehead atoms. The van der Waals surface area contributed by atoms with Crippen molar-refractivity contribution in [3.8, 4) is 0 Å². The van der Waals surface area contributed by atoms with Crippen LogP contribution in [0.2, 0.25) is 0 Å². The Bertz CT molecular complexity index is 1020. The van der Waals surface area contributed by atoms with Crippen LogP contribution in [0.4, 0.5) is 5.69 Å². The maximum Gasteiger partial charge on any atom is 0.243 e. The van der Waals surface area contributed by atoms with E-state index in [1.807, 2.05) is 26.0 Å². The van der Waals surface area contributed by atoms with E-state index in [1.165, 1.54) is 11.1 Å². The topological polar surface area (TPSA) is 49.4 Å². The molecule has 3 atom stereocenters. The Morgan fingerprint density at radius 3 is 2.40 bits per heavy atom. The van der Waals surface area contributed by atoms with Crippen molar-refractivity contribution >= 4 is 15.7 Å². The lowest BCUT2D eigenvalue weighted by molar-refractivity contribution is 0.409. The van der Waals surface area contributed by atoms with Gasteiger partial charge in [-0.25, -0.2) is 8.42 Å². The molecule has 5 heteroatoms. The van der Waals surface area contributed by atoms with Gasteiger partial charge in [-0.1, -0.05) is 55.8 Å². The third-order valence-corrected chi connectivity index (χ3v) is 8.25. The molecule has 1 heterocycles. The smallest absolute Gasteiger partial charge is 0.243 e. The number of rotatable bonds is 7. The van der Waals surface area contributed by atoms with Crippen molar-refractivity contribution in [1.82, 2.24) is 4.31 Å². The van der Waals surface area contributed by atoms with Crippen LogP contribution < -0.4 is 5.32 Å². The van der Waals surface area contributed by atoms with Gasteiger partial charge in [-0.05, 0) is 61.4 Å². The molecule has 0 saturated heterocycles. The second-order valence-electron chi connectivity index (χ2n) is 8.54. The van der Waals surface area contributed by atoms with Crippen molar-refractivity contribution in [1.29, 1.82) is 0 Å². The minimum absolute atomic E-state index is 0.234. The minimum atomic E-state index is -3.48. The van der Waals surface area contributed by atoms with Gasteiger partial charge >= 0.3 is 0 Å². The van der Waals surface area contributed by atoms with E-state index in [-0.39, 0.29) is 12.0 Å². The molecule has 2 aromatic carbocycles. The maximum atomic E-state index is 13.3. The Labute approximate surface area is 181 Å². The van der Waals surface area contributed by atoms with Crippen LogP contribution in [-0.4, -0.2) is 25.8 Å². The molecular weight excluding hydrogens is 392 g/mol. The number of hydrogen-bond acceptors (Lipinski definition) is 3. The summed E-state index contributed by atoms with van der Waals surface area (Å²) in [5.41, 5.74) is 4.70. The first kappa shape index (κ1) is 21.1. The van der Waals surface area contributed by atoms with Crippen molar-refractivity contribution in [2.45, 2.75) is 56.9 Å². The Kier molecular flexibility index (Phi) is 6.03. The number of nitrogens with zero attached hydrogens (tertiary/aromatic N) is 1. The van der Waals surface area contributed by atoms with Gasteiger partial charge in [0.2, 0.25) is 10.0 Å². The Morgan fingerprint density at radius 2 is 1.73 bits per heavy atom. The highest BCUT2D eigenvalue weighted by Gasteiger charge is 2.38. The predicted octanol–water partition coefficient (Wildman–Crippen LogP) is 5.63. The second-order valence-corrected chi connectivity index (χ2v) is 10.5. The van der Waals surface area contributed by atoms with E-state index < -0.39 is 10.0 Å². The molecule has 0 spiro atoms. The molecule has 4 rings (SSSR count). The van der Waals surface area contributed by atoms with Crippen LogP contribution in [0.25, 0.3) is 0 Å². The van der Waals surface area contributed by atoms with Crippen LogP contribution in [0, 0.1) is 12.8 Å². The number of fused-ring (bicyclic) bond motifs is 3. The molecule has 2 aliphatic rings. The largest absolute Gasteiger partial charge is 0.378 e. The van der Waals surface area contributed by atoms with Crippen LogP contribution in [0.3, 0.4) is 0 Å². The van der Waals surface area contributed by atoms with Crippen LogP contribution in [-0.2, 0) is 10.0 Å². The number of nitrogens with one attached hydrogen (secondary N) is 1. The van der Waals surface area contributed by atoms with Gasteiger partial charge in [0.25, 0.3) is 0 Å². The van der Waals surface area contributed by atoms with Crippen LogP contribution in [0.15, 0.2) is 59.5 Å². The van der Waals surface area contributed by atoms with E-state index in [9.17, 15) is 8.42 Å². The molecule has 1 aliphatic carbocycles. The van der Waals surface area contributed by atoms with Crippen molar-refractivity contribution in [2.24, 2.45) is 5.92 Å². The third-order valence-electron chi connectivity index (χ3n) is 6.35. The summed E-state index contributed by atoms with van der Waals surface area (Å²) in [5, 5.41) is 3.71. The standard InChI is InChI=1S/C25H32N2O2S/c1-4-15-27(16-5-2)30(28,29)20-13-14-24-23(17-20)21-7-6-8-22(21)25(26-24)19-11-9-18(3)10-12-19/h6-7,9-14,17,21-22,25-26H,4-5,8,15-16H2,1-3H3. The van der Waals surface area contributed by atoms with Gasteiger partial charge in [0.05, 0.1) is 10.9 Å². The second kappa shape index (κ2) is 8.56. The van der Waals surface area contributed by atoms with Crippen molar-refractivity contribution in [2.75, 3.05) is 18.4 Å². The van der Waals surface area contributed by atoms with Crippen molar-refractivity contribution in [3.63, 3.8) is 0 Å². The summed E-state index contributed by atoms with van der Waals surface area (Å²) in [6, 6.07) is 14.6. The molecule has 1 N–H and O–H groups in total. The van der Waals surface area contributed by atoms with Gasteiger partial charge in [-0.15, -0.1) is 0 Å². The highest BCUT2D eigenvalue weighted by molar-refractivity contribution is 7.89. The predicted molar refractivity (Wildman–Crippen MR) is 123 cm³/mol. The molecule has 0 radical (unpaired) electrons. The van der Waals surface area contributed by atoms with E-state index in [0.717, 1.165) is 30.5 Å². The van der Waals surface area contributed by atoms with Crippen molar-refractivity contribution in [3.05, 3.63) is 71.3 Å². The van der Waals surface area contributed by atoms with Gasteiger partial charge < -0.3 is 5.32 Å². The van der Waals surface area contributed by atoms with Gasteiger partial charge in [0.15, 0.2) is 0 Å². The summed E-state index contributed by atoms with van der Waals surface area (Å²) in [7, 11) is -3.48.